The lowest BCUT2D eigenvalue weighted by Gasteiger charge is -2.29. The normalized spacial score (nSPS) is 16.1. The second-order valence-electron chi connectivity index (χ2n) is 4.89. The second-order valence-corrected chi connectivity index (χ2v) is 4.89. The van der Waals surface area contributed by atoms with Crippen LogP contribution in [0.4, 0.5) is 10.1 Å². The van der Waals surface area contributed by atoms with E-state index >= 15 is 0 Å². The molecule has 0 aromatic heterocycles. The summed E-state index contributed by atoms with van der Waals surface area (Å²) in [5.74, 6) is 1.42. The average molecular weight is 291 g/mol. The van der Waals surface area contributed by atoms with Crippen molar-refractivity contribution in [3.05, 3.63) is 29.6 Å². The molecule has 1 aliphatic heterocycles. The molecule has 112 valence electrons. The van der Waals surface area contributed by atoms with Crippen LogP contribution < -0.4 is 4.90 Å². The lowest BCUT2D eigenvalue weighted by molar-refractivity contribution is 0.0351. The molecule has 0 spiro atoms. The molecule has 0 unspecified atom stereocenters. The Labute approximate surface area is 123 Å². The van der Waals surface area contributed by atoms with Gasteiger partial charge in [-0.05, 0) is 25.1 Å². The predicted molar refractivity (Wildman–Crippen MR) is 77.8 cm³/mol. The Kier molecular flexibility index (Phi) is 5.18. The summed E-state index contributed by atoms with van der Waals surface area (Å²) >= 11 is 0. The molecule has 1 saturated heterocycles. The standard InChI is InChI=1S/C16H18FNO3/c1-3-4-12(2)21-16(19)13-5-6-15(14(17)11-13)18-7-9-20-10-8-18/h1,5-6,11-12H,4,7-10H2,2H3/t12-/m1/s1. The first kappa shape index (κ1) is 15.3. The number of hydrogen-bond donors (Lipinski definition) is 0. The van der Waals surface area contributed by atoms with Gasteiger partial charge in [0, 0.05) is 19.5 Å². The molecule has 5 heteroatoms. The number of morpholine rings is 1. The number of carbonyl (C=O) groups is 1. The van der Waals surface area contributed by atoms with E-state index < -0.39 is 11.8 Å². The van der Waals surface area contributed by atoms with E-state index in [1.54, 1.807) is 19.1 Å². The maximum absolute atomic E-state index is 14.2. The minimum Gasteiger partial charge on any atom is -0.458 e. The zero-order valence-electron chi connectivity index (χ0n) is 12.0. The van der Waals surface area contributed by atoms with Gasteiger partial charge in [-0.3, -0.25) is 0 Å². The Hall–Kier alpha value is -2.06. The highest BCUT2D eigenvalue weighted by Crippen LogP contribution is 2.22. The number of carbonyl (C=O) groups excluding carboxylic acids is 1. The molecule has 0 radical (unpaired) electrons. The molecule has 1 fully saturated rings. The highest BCUT2D eigenvalue weighted by molar-refractivity contribution is 5.90. The molecule has 1 heterocycles. The van der Waals surface area contributed by atoms with Crippen LogP contribution in [0.2, 0.25) is 0 Å². The molecule has 0 aliphatic carbocycles. The van der Waals surface area contributed by atoms with Gasteiger partial charge in [-0.2, -0.15) is 0 Å². The summed E-state index contributed by atoms with van der Waals surface area (Å²) in [6.45, 7) is 4.13. The van der Waals surface area contributed by atoms with Crippen molar-refractivity contribution in [2.75, 3.05) is 31.2 Å². The van der Waals surface area contributed by atoms with Gasteiger partial charge < -0.3 is 14.4 Å². The van der Waals surface area contributed by atoms with Crippen LogP contribution >= 0.6 is 0 Å². The Morgan fingerprint density at radius 2 is 2.24 bits per heavy atom. The molecule has 0 N–H and O–H groups in total. The van der Waals surface area contributed by atoms with Crippen LogP contribution in [0.5, 0.6) is 0 Å². The zero-order valence-corrected chi connectivity index (χ0v) is 12.0. The van der Waals surface area contributed by atoms with E-state index in [0.29, 0.717) is 38.4 Å². The number of terminal acetylenes is 1. The fraction of sp³-hybridized carbons (Fsp3) is 0.438. The van der Waals surface area contributed by atoms with Crippen molar-refractivity contribution in [1.82, 2.24) is 0 Å². The molecular formula is C16H18FNO3. The van der Waals surface area contributed by atoms with Gasteiger partial charge in [-0.25, -0.2) is 9.18 Å². The number of halogens is 1. The highest BCUT2D eigenvalue weighted by Gasteiger charge is 2.18. The van der Waals surface area contributed by atoms with Gasteiger partial charge in [0.1, 0.15) is 11.9 Å². The number of rotatable bonds is 4. The maximum atomic E-state index is 14.2. The molecule has 0 saturated carbocycles. The smallest absolute Gasteiger partial charge is 0.338 e. The maximum Gasteiger partial charge on any atom is 0.338 e. The molecule has 4 nitrogen and oxygen atoms in total. The number of esters is 1. The first-order valence-electron chi connectivity index (χ1n) is 6.88. The van der Waals surface area contributed by atoms with Gasteiger partial charge in [-0.1, -0.05) is 0 Å². The Bertz CT molecular complexity index is 547. The Morgan fingerprint density at radius 1 is 1.52 bits per heavy atom. The first-order chi connectivity index (χ1) is 10.1. The number of anilines is 1. The first-order valence-corrected chi connectivity index (χ1v) is 6.88. The third kappa shape index (κ3) is 3.96. The van der Waals surface area contributed by atoms with Crippen LogP contribution in [-0.4, -0.2) is 38.4 Å². The highest BCUT2D eigenvalue weighted by atomic mass is 19.1. The molecule has 1 aliphatic rings. The second kappa shape index (κ2) is 7.09. The van der Waals surface area contributed by atoms with E-state index in [-0.39, 0.29) is 11.7 Å². The lowest BCUT2D eigenvalue weighted by atomic mass is 10.1. The SMILES string of the molecule is C#CC[C@@H](C)OC(=O)c1ccc(N2CCOCC2)c(F)c1. The summed E-state index contributed by atoms with van der Waals surface area (Å²) in [6, 6.07) is 4.37. The molecular weight excluding hydrogens is 273 g/mol. The largest absolute Gasteiger partial charge is 0.458 e. The van der Waals surface area contributed by atoms with Gasteiger partial charge in [0.15, 0.2) is 0 Å². The van der Waals surface area contributed by atoms with Gasteiger partial charge in [-0.15, -0.1) is 12.3 Å². The van der Waals surface area contributed by atoms with Crippen LogP contribution in [0.3, 0.4) is 0 Å². The molecule has 0 amide bonds. The van der Waals surface area contributed by atoms with Crippen LogP contribution in [0.1, 0.15) is 23.7 Å². The summed E-state index contributed by atoms with van der Waals surface area (Å²) in [5, 5.41) is 0. The predicted octanol–water partition coefficient (Wildman–Crippen LogP) is 2.23. The van der Waals surface area contributed by atoms with Crippen molar-refractivity contribution in [1.29, 1.82) is 0 Å². The summed E-state index contributed by atoms with van der Waals surface area (Å²) in [7, 11) is 0. The number of hydrogen-bond acceptors (Lipinski definition) is 4. The van der Waals surface area contributed by atoms with Gasteiger partial charge in [0.2, 0.25) is 0 Å². The third-order valence-corrected chi connectivity index (χ3v) is 3.25. The monoisotopic (exact) mass is 291 g/mol. The fourth-order valence-electron chi connectivity index (χ4n) is 2.15. The van der Waals surface area contributed by atoms with Crippen molar-refractivity contribution < 1.29 is 18.7 Å². The van der Waals surface area contributed by atoms with E-state index in [1.807, 2.05) is 4.90 Å². The number of benzene rings is 1. The average Bonchev–Trinajstić information content (AvgIpc) is 2.48. The Balaban J connectivity index is 2.07. The molecule has 1 aromatic rings. The lowest BCUT2D eigenvalue weighted by Crippen LogP contribution is -2.36. The summed E-state index contributed by atoms with van der Waals surface area (Å²) in [4.78, 5) is 13.8. The summed E-state index contributed by atoms with van der Waals surface area (Å²) in [5.41, 5.74) is 0.667. The topological polar surface area (TPSA) is 38.8 Å². The van der Waals surface area contributed by atoms with Crippen molar-refractivity contribution in [2.45, 2.75) is 19.4 Å². The molecule has 1 atom stereocenters. The van der Waals surface area contributed by atoms with Gasteiger partial charge in [0.05, 0.1) is 24.5 Å². The Morgan fingerprint density at radius 3 is 2.86 bits per heavy atom. The van der Waals surface area contributed by atoms with Gasteiger partial charge >= 0.3 is 5.97 Å². The van der Waals surface area contributed by atoms with Gasteiger partial charge in [0.25, 0.3) is 0 Å². The third-order valence-electron chi connectivity index (χ3n) is 3.25. The molecule has 0 bridgehead atoms. The molecule has 1 aromatic carbocycles. The fourth-order valence-corrected chi connectivity index (χ4v) is 2.15. The minimum absolute atomic E-state index is 0.188. The molecule has 2 rings (SSSR count). The van der Waals surface area contributed by atoms with Crippen LogP contribution in [-0.2, 0) is 9.47 Å². The minimum atomic E-state index is -0.565. The van der Waals surface area contributed by atoms with E-state index in [4.69, 9.17) is 15.9 Å². The van der Waals surface area contributed by atoms with E-state index in [1.165, 1.54) is 6.07 Å². The number of ether oxygens (including phenoxy) is 2. The van der Waals surface area contributed by atoms with Crippen LogP contribution in [0.15, 0.2) is 18.2 Å². The van der Waals surface area contributed by atoms with Crippen molar-refractivity contribution in [3.8, 4) is 12.3 Å². The van der Waals surface area contributed by atoms with E-state index in [2.05, 4.69) is 5.92 Å². The summed E-state index contributed by atoms with van der Waals surface area (Å²) in [6.07, 6.45) is 5.10. The van der Waals surface area contributed by atoms with Crippen molar-refractivity contribution in [3.63, 3.8) is 0 Å². The molecule has 21 heavy (non-hydrogen) atoms. The quantitative estimate of drug-likeness (QED) is 0.630. The number of nitrogens with zero attached hydrogens (tertiary/aromatic N) is 1. The van der Waals surface area contributed by atoms with Crippen LogP contribution in [0.25, 0.3) is 0 Å². The zero-order chi connectivity index (χ0) is 15.2. The summed E-state index contributed by atoms with van der Waals surface area (Å²) < 4.78 is 24.5. The van der Waals surface area contributed by atoms with E-state index in [0.717, 1.165) is 0 Å². The van der Waals surface area contributed by atoms with Crippen molar-refractivity contribution in [2.24, 2.45) is 0 Å². The van der Waals surface area contributed by atoms with E-state index in [9.17, 15) is 9.18 Å². The van der Waals surface area contributed by atoms with Crippen molar-refractivity contribution >= 4 is 11.7 Å². The van der Waals surface area contributed by atoms with Crippen LogP contribution in [0, 0.1) is 18.2 Å².